The molecule has 0 aromatic carbocycles. The molecular formula is C13H17N3O2. The quantitative estimate of drug-likeness (QED) is 0.904. The summed E-state index contributed by atoms with van der Waals surface area (Å²) in [6, 6.07) is 3.80. The Hall–Kier alpha value is -1.62. The van der Waals surface area contributed by atoms with Crippen LogP contribution in [0.4, 0.5) is 0 Å². The smallest absolute Gasteiger partial charge is 0.215 e. The number of aromatic amines is 1. The first-order valence-electron chi connectivity index (χ1n) is 6.35. The normalized spacial score (nSPS) is 23.7. The van der Waals surface area contributed by atoms with Crippen LogP contribution in [-0.2, 0) is 10.3 Å². The lowest BCUT2D eigenvalue weighted by Crippen LogP contribution is -2.21. The maximum absolute atomic E-state index is 5.78. The van der Waals surface area contributed by atoms with Gasteiger partial charge >= 0.3 is 0 Å². The Morgan fingerprint density at radius 2 is 2.33 bits per heavy atom. The molecule has 2 aromatic rings. The summed E-state index contributed by atoms with van der Waals surface area (Å²) in [5, 5.41) is 0. The molecule has 0 saturated carbocycles. The molecule has 0 amide bonds. The summed E-state index contributed by atoms with van der Waals surface area (Å²) in [5.74, 6) is 1.47. The summed E-state index contributed by atoms with van der Waals surface area (Å²) in [7, 11) is 0. The van der Waals surface area contributed by atoms with E-state index in [0.29, 0.717) is 18.1 Å². The molecule has 0 aliphatic carbocycles. The van der Waals surface area contributed by atoms with Crippen molar-refractivity contribution in [1.29, 1.82) is 0 Å². The number of rotatable bonds is 3. The predicted molar refractivity (Wildman–Crippen MR) is 67.6 cm³/mol. The Kier molecular flexibility index (Phi) is 2.70. The van der Waals surface area contributed by atoms with Gasteiger partial charge in [0.05, 0.1) is 12.1 Å². The van der Waals surface area contributed by atoms with E-state index in [0.717, 1.165) is 30.8 Å². The maximum Gasteiger partial charge on any atom is 0.215 e. The Morgan fingerprint density at radius 1 is 1.44 bits per heavy atom. The number of fused-ring (bicyclic) bond motifs is 1. The minimum atomic E-state index is -0.299. The van der Waals surface area contributed by atoms with E-state index in [-0.39, 0.29) is 5.60 Å². The zero-order chi connectivity index (χ0) is 12.6. The van der Waals surface area contributed by atoms with Crippen molar-refractivity contribution in [3.63, 3.8) is 0 Å². The fourth-order valence-corrected chi connectivity index (χ4v) is 2.32. The van der Waals surface area contributed by atoms with E-state index in [9.17, 15) is 0 Å². The van der Waals surface area contributed by atoms with Crippen molar-refractivity contribution < 1.29 is 9.47 Å². The van der Waals surface area contributed by atoms with Crippen molar-refractivity contribution in [3.05, 3.63) is 18.0 Å². The molecular weight excluding hydrogens is 230 g/mol. The molecule has 1 N–H and O–H groups in total. The first-order valence-corrected chi connectivity index (χ1v) is 6.35. The molecule has 1 atom stereocenters. The molecule has 5 nitrogen and oxygen atoms in total. The van der Waals surface area contributed by atoms with Gasteiger partial charge in [-0.05, 0) is 32.8 Å². The maximum atomic E-state index is 5.78. The van der Waals surface area contributed by atoms with Crippen LogP contribution in [0, 0.1) is 0 Å². The number of aromatic nitrogens is 3. The van der Waals surface area contributed by atoms with Gasteiger partial charge < -0.3 is 14.5 Å². The van der Waals surface area contributed by atoms with Crippen molar-refractivity contribution in [2.24, 2.45) is 0 Å². The molecule has 1 saturated heterocycles. The molecule has 0 bridgehead atoms. The highest BCUT2D eigenvalue weighted by atomic mass is 16.5. The summed E-state index contributed by atoms with van der Waals surface area (Å²) < 4.78 is 11.2. The minimum Gasteiger partial charge on any atom is -0.478 e. The summed E-state index contributed by atoms with van der Waals surface area (Å²) in [6.07, 6.45) is 2.07. The zero-order valence-electron chi connectivity index (χ0n) is 10.7. The van der Waals surface area contributed by atoms with Crippen LogP contribution in [0.1, 0.15) is 32.5 Å². The van der Waals surface area contributed by atoms with Crippen LogP contribution in [0.5, 0.6) is 5.88 Å². The Labute approximate surface area is 106 Å². The van der Waals surface area contributed by atoms with E-state index in [1.54, 1.807) is 0 Å². The molecule has 0 spiro atoms. The van der Waals surface area contributed by atoms with Crippen molar-refractivity contribution in [3.8, 4) is 5.88 Å². The predicted octanol–water partition coefficient (Wildman–Crippen LogP) is 2.38. The molecule has 1 unspecified atom stereocenters. The van der Waals surface area contributed by atoms with E-state index >= 15 is 0 Å². The zero-order valence-corrected chi connectivity index (χ0v) is 10.7. The Bertz CT molecular complexity index is 558. The highest BCUT2D eigenvalue weighted by Crippen LogP contribution is 2.34. The van der Waals surface area contributed by atoms with Crippen molar-refractivity contribution in [2.45, 2.75) is 32.3 Å². The van der Waals surface area contributed by atoms with Gasteiger partial charge in [-0.3, -0.25) is 0 Å². The number of ether oxygens (including phenoxy) is 2. The molecule has 96 valence electrons. The topological polar surface area (TPSA) is 60.0 Å². The molecule has 1 aliphatic rings. The fraction of sp³-hybridized carbons (Fsp3) is 0.538. The molecule has 1 aliphatic heterocycles. The highest BCUT2D eigenvalue weighted by molar-refractivity contribution is 5.71. The lowest BCUT2D eigenvalue weighted by atomic mass is 10.0. The molecule has 18 heavy (non-hydrogen) atoms. The van der Waals surface area contributed by atoms with Crippen LogP contribution >= 0.6 is 0 Å². The van der Waals surface area contributed by atoms with Gasteiger partial charge in [0.1, 0.15) is 11.4 Å². The van der Waals surface area contributed by atoms with Crippen LogP contribution in [-0.4, -0.2) is 28.2 Å². The number of hydrogen-bond donors (Lipinski definition) is 1. The molecule has 3 heterocycles. The van der Waals surface area contributed by atoms with Crippen LogP contribution < -0.4 is 4.74 Å². The van der Waals surface area contributed by atoms with E-state index in [1.165, 1.54) is 0 Å². The van der Waals surface area contributed by atoms with Crippen LogP contribution in [0.25, 0.3) is 11.2 Å². The number of H-pyrrole nitrogens is 1. The number of nitrogens with zero attached hydrogens (tertiary/aromatic N) is 2. The molecule has 3 rings (SSSR count). The molecule has 1 fully saturated rings. The summed E-state index contributed by atoms with van der Waals surface area (Å²) in [5.41, 5.74) is 1.31. The van der Waals surface area contributed by atoms with E-state index in [4.69, 9.17) is 9.47 Å². The summed E-state index contributed by atoms with van der Waals surface area (Å²) in [4.78, 5) is 12.2. The lowest BCUT2D eigenvalue weighted by Gasteiger charge is -2.19. The van der Waals surface area contributed by atoms with Gasteiger partial charge in [-0.25, -0.2) is 4.98 Å². The number of nitrogens with one attached hydrogen (secondary N) is 1. The number of imidazole rings is 1. The second-order valence-electron chi connectivity index (χ2n) is 4.72. The average molecular weight is 247 g/mol. The van der Waals surface area contributed by atoms with Gasteiger partial charge in [0.2, 0.25) is 5.88 Å². The van der Waals surface area contributed by atoms with Crippen LogP contribution in [0.3, 0.4) is 0 Å². The monoisotopic (exact) mass is 247 g/mol. The van der Waals surface area contributed by atoms with Gasteiger partial charge in [-0.15, -0.1) is 0 Å². The molecule has 5 heteroatoms. The first-order chi connectivity index (χ1) is 8.71. The Balaban J connectivity index is 2.00. The van der Waals surface area contributed by atoms with Crippen LogP contribution in [0.15, 0.2) is 12.1 Å². The third-order valence-electron chi connectivity index (χ3n) is 3.33. The minimum absolute atomic E-state index is 0.299. The Morgan fingerprint density at radius 3 is 3.06 bits per heavy atom. The van der Waals surface area contributed by atoms with Crippen molar-refractivity contribution in [1.82, 2.24) is 15.0 Å². The van der Waals surface area contributed by atoms with Gasteiger partial charge in [0.25, 0.3) is 0 Å². The SMILES string of the molecule is CCOc1ccc2[nH]c(C3(C)CCCO3)nc2n1. The van der Waals surface area contributed by atoms with Gasteiger partial charge in [0, 0.05) is 12.7 Å². The van der Waals surface area contributed by atoms with E-state index in [1.807, 2.05) is 19.1 Å². The largest absolute Gasteiger partial charge is 0.478 e. The summed E-state index contributed by atoms with van der Waals surface area (Å²) >= 11 is 0. The molecule has 0 radical (unpaired) electrons. The standard InChI is InChI=1S/C13H17N3O2/c1-3-17-10-6-5-9-11(15-10)16-12(14-9)13(2)7-4-8-18-13/h5-6H,3-4,7-8H2,1-2H3,(H,14,15,16). The summed E-state index contributed by atoms with van der Waals surface area (Å²) in [6.45, 7) is 5.41. The number of hydrogen-bond acceptors (Lipinski definition) is 4. The van der Waals surface area contributed by atoms with E-state index in [2.05, 4.69) is 21.9 Å². The van der Waals surface area contributed by atoms with Gasteiger partial charge in [-0.1, -0.05) is 0 Å². The molecule has 2 aromatic heterocycles. The van der Waals surface area contributed by atoms with Crippen molar-refractivity contribution in [2.75, 3.05) is 13.2 Å². The van der Waals surface area contributed by atoms with E-state index < -0.39 is 0 Å². The third kappa shape index (κ3) is 1.84. The first kappa shape index (κ1) is 11.5. The van der Waals surface area contributed by atoms with Gasteiger partial charge in [-0.2, -0.15) is 4.98 Å². The highest BCUT2D eigenvalue weighted by Gasteiger charge is 2.35. The fourth-order valence-electron chi connectivity index (χ4n) is 2.32. The van der Waals surface area contributed by atoms with Crippen molar-refractivity contribution >= 4 is 11.2 Å². The second kappa shape index (κ2) is 4.24. The second-order valence-corrected chi connectivity index (χ2v) is 4.72. The third-order valence-corrected chi connectivity index (χ3v) is 3.33. The average Bonchev–Trinajstić information content (AvgIpc) is 2.96. The lowest BCUT2D eigenvalue weighted by molar-refractivity contribution is 0.0103. The number of pyridine rings is 1. The van der Waals surface area contributed by atoms with Crippen LogP contribution in [0.2, 0.25) is 0 Å². The van der Waals surface area contributed by atoms with Gasteiger partial charge in [0.15, 0.2) is 5.65 Å².